The first-order valence-corrected chi connectivity index (χ1v) is 7.65. The molecule has 4 nitrogen and oxygen atoms in total. The lowest BCUT2D eigenvalue weighted by Gasteiger charge is -2.11. The van der Waals surface area contributed by atoms with Gasteiger partial charge >= 0.3 is 0 Å². The molecule has 0 atom stereocenters. The monoisotopic (exact) mass is 383 g/mol. The van der Waals surface area contributed by atoms with Crippen LogP contribution < -0.4 is 10.1 Å². The van der Waals surface area contributed by atoms with Gasteiger partial charge < -0.3 is 10.1 Å². The van der Waals surface area contributed by atoms with Gasteiger partial charge in [-0.2, -0.15) is 0 Å². The summed E-state index contributed by atoms with van der Waals surface area (Å²) in [6, 6.07) is 6.04. The van der Waals surface area contributed by atoms with Crippen molar-refractivity contribution in [1.29, 1.82) is 0 Å². The molecule has 0 aliphatic rings. The number of benzene rings is 1. The lowest BCUT2D eigenvalue weighted by atomic mass is 10.1. The van der Waals surface area contributed by atoms with E-state index in [1.165, 1.54) is 0 Å². The van der Waals surface area contributed by atoms with Crippen LogP contribution in [0.15, 0.2) is 24.4 Å². The van der Waals surface area contributed by atoms with Crippen molar-refractivity contribution in [2.75, 3.05) is 19.0 Å². The normalized spacial score (nSPS) is 10.4. The van der Waals surface area contributed by atoms with Gasteiger partial charge in [-0.3, -0.25) is 0 Å². The Hall–Kier alpha value is -1.37. The van der Waals surface area contributed by atoms with E-state index >= 15 is 0 Å². The van der Waals surface area contributed by atoms with Gasteiger partial charge in [-0.05, 0) is 53.6 Å². The van der Waals surface area contributed by atoms with E-state index < -0.39 is 0 Å². The highest BCUT2D eigenvalue weighted by atomic mass is 127. The third-order valence-electron chi connectivity index (χ3n) is 2.88. The van der Waals surface area contributed by atoms with Crippen molar-refractivity contribution >= 4 is 28.4 Å². The first-order valence-electron chi connectivity index (χ1n) is 6.57. The molecule has 1 aromatic carbocycles. The molecule has 2 rings (SSSR count). The Labute approximate surface area is 133 Å². The highest BCUT2D eigenvalue weighted by Gasteiger charge is 2.11. The smallest absolute Gasteiger partial charge is 0.165 e. The van der Waals surface area contributed by atoms with Crippen molar-refractivity contribution in [3.8, 4) is 17.1 Å². The highest BCUT2D eigenvalue weighted by molar-refractivity contribution is 14.1. The van der Waals surface area contributed by atoms with Crippen molar-refractivity contribution in [2.45, 2.75) is 20.3 Å². The maximum atomic E-state index is 5.43. The SMILES string of the molecule is CCCNc1nc(-c2ccc(C)cc2OC)ncc1I. The van der Waals surface area contributed by atoms with Crippen LogP contribution in [0.3, 0.4) is 0 Å². The zero-order valence-electron chi connectivity index (χ0n) is 11.9. The summed E-state index contributed by atoms with van der Waals surface area (Å²) >= 11 is 2.24. The third-order valence-corrected chi connectivity index (χ3v) is 3.67. The first-order chi connectivity index (χ1) is 9.65. The fraction of sp³-hybridized carbons (Fsp3) is 0.333. The zero-order chi connectivity index (χ0) is 14.5. The molecule has 0 radical (unpaired) electrons. The number of methoxy groups -OCH3 is 1. The first kappa shape index (κ1) is 15.0. The van der Waals surface area contributed by atoms with Crippen molar-refractivity contribution in [3.63, 3.8) is 0 Å². The van der Waals surface area contributed by atoms with Gasteiger partial charge in [0.1, 0.15) is 11.6 Å². The molecule has 0 aliphatic heterocycles. The molecule has 1 aromatic heterocycles. The number of hydrogen-bond donors (Lipinski definition) is 1. The number of aryl methyl sites for hydroxylation is 1. The Bertz CT molecular complexity index is 602. The maximum Gasteiger partial charge on any atom is 0.165 e. The van der Waals surface area contributed by atoms with Gasteiger partial charge in [0.05, 0.1) is 16.2 Å². The van der Waals surface area contributed by atoms with Gasteiger partial charge in [0, 0.05) is 12.7 Å². The highest BCUT2D eigenvalue weighted by Crippen LogP contribution is 2.29. The van der Waals surface area contributed by atoms with Crippen LogP contribution in [0.5, 0.6) is 5.75 Å². The van der Waals surface area contributed by atoms with Gasteiger partial charge in [-0.15, -0.1) is 0 Å². The molecule has 0 spiro atoms. The minimum atomic E-state index is 0.681. The van der Waals surface area contributed by atoms with E-state index in [4.69, 9.17) is 4.74 Å². The van der Waals surface area contributed by atoms with Crippen LogP contribution in [0.2, 0.25) is 0 Å². The van der Waals surface area contributed by atoms with Crippen LogP contribution in [0.25, 0.3) is 11.4 Å². The summed E-state index contributed by atoms with van der Waals surface area (Å²) < 4.78 is 6.45. The summed E-state index contributed by atoms with van der Waals surface area (Å²) in [4.78, 5) is 9.03. The second-order valence-electron chi connectivity index (χ2n) is 4.52. The summed E-state index contributed by atoms with van der Waals surface area (Å²) in [6.07, 6.45) is 2.89. The molecular formula is C15H18IN3O. The number of anilines is 1. The second-order valence-corrected chi connectivity index (χ2v) is 5.68. The fourth-order valence-corrected chi connectivity index (χ4v) is 2.30. The third kappa shape index (κ3) is 3.39. The van der Waals surface area contributed by atoms with E-state index in [-0.39, 0.29) is 0 Å². The topological polar surface area (TPSA) is 47.0 Å². The molecule has 20 heavy (non-hydrogen) atoms. The molecule has 2 aromatic rings. The van der Waals surface area contributed by atoms with Gasteiger partial charge in [0.15, 0.2) is 5.82 Å². The summed E-state index contributed by atoms with van der Waals surface area (Å²) in [7, 11) is 1.67. The maximum absolute atomic E-state index is 5.43. The lowest BCUT2D eigenvalue weighted by Crippen LogP contribution is -2.06. The van der Waals surface area contributed by atoms with Crippen molar-refractivity contribution < 1.29 is 4.74 Å². The van der Waals surface area contributed by atoms with Gasteiger partial charge in [-0.25, -0.2) is 9.97 Å². The molecule has 1 heterocycles. The molecule has 0 amide bonds. The largest absolute Gasteiger partial charge is 0.496 e. The second kappa shape index (κ2) is 6.88. The number of halogens is 1. The number of ether oxygens (including phenoxy) is 1. The molecule has 5 heteroatoms. The predicted molar refractivity (Wildman–Crippen MR) is 90.3 cm³/mol. The molecule has 1 N–H and O–H groups in total. The van der Waals surface area contributed by atoms with E-state index in [0.717, 1.165) is 39.2 Å². The minimum absolute atomic E-state index is 0.681. The summed E-state index contributed by atoms with van der Waals surface area (Å²) in [6.45, 7) is 5.07. The van der Waals surface area contributed by atoms with E-state index in [1.54, 1.807) is 7.11 Å². The zero-order valence-corrected chi connectivity index (χ0v) is 14.1. The average Bonchev–Trinajstić information content (AvgIpc) is 2.46. The number of nitrogens with zero attached hydrogens (tertiary/aromatic N) is 2. The molecule has 0 saturated heterocycles. The van der Waals surface area contributed by atoms with Gasteiger partial charge in [0.25, 0.3) is 0 Å². The average molecular weight is 383 g/mol. The molecule has 106 valence electrons. The van der Waals surface area contributed by atoms with Crippen LogP contribution in [0, 0.1) is 10.5 Å². The van der Waals surface area contributed by atoms with Crippen molar-refractivity contribution in [2.24, 2.45) is 0 Å². The molecule has 0 bridgehead atoms. The minimum Gasteiger partial charge on any atom is -0.496 e. The molecule has 0 unspecified atom stereocenters. The van der Waals surface area contributed by atoms with Crippen LogP contribution in [0.1, 0.15) is 18.9 Å². The molecule has 0 fully saturated rings. The van der Waals surface area contributed by atoms with Crippen LogP contribution in [-0.2, 0) is 0 Å². The molecular weight excluding hydrogens is 365 g/mol. The van der Waals surface area contributed by atoms with E-state index in [1.807, 2.05) is 31.3 Å². The number of hydrogen-bond acceptors (Lipinski definition) is 4. The molecule has 0 aliphatic carbocycles. The van der Waals surface area contributed by atoms with E-state index in [2.05, 4.69) is 44.8 Å². The van der Waals surface area contributed by atoms with E-state index in [0.29, 0.717) is 5.82 Å². The number of rotatable bonds is 5. The Balaban J connectivity index is 2.42. The van der Waals surface area contributed by atoms with Gasteiger partial charge in [-0.1, -0.05) is 13.0 Å². The van der Waals surface area contributed by atoms with Gasteiger partial charge in [0.2, 0.25) is 0 Å². The Morgan fingerprint density at radius 2 is 2.15 bits per heavy atom. The summed E-state index contributed by atoms with van der Waals surface area (Å²) in [5, 5.41) is 3.32. The quantitative estimate of drug-likeness (QED) is 0.796. The standard InChI is InChI=1S/C15H18IN3O/c1-4-7-17-15-12(16)9-18-14(19-15)11-6-5-10(2)8-13(11)20-3/h5-6,8-9H,4,7H2,1-3H3,(H,17,18,19). The van der Waals surface area contributed by atoms with Crippen molar-refractivity contribution in [3.05, 3.63) is 33.5 Å². The predicted octanol–water partition coefficient (Wildman–Crippen LogP) is 3.89. The summed E-state index contributed by atoms with van der Waals surface area (Å²) in [5.41, 5.74) is 2.06. The summed E-state index contributed by atoms with van der Waals surface area (Å²) in [5.74, 6) is 2.36. The van der Waals surface area contributed by atoms with E-state index in [9.17, 15) is 0 Å². The fourth-order valence-electron chi connectivity index (χ4n) is 1.85. The Morgan fingerprint density at radius 3 is 2.85 bits per heavy atom. The Kier molecular flexibility index (Phi) is 5.17. The number of nitrogens with one attached hydrogen (secondary N) is 1. The lowest BCUT2D eigenvalue weighted by molar-refractivity contribution is 0.416. The van der Waals surface area contributed by atoms with Crippen LogP contribution in [-0.4, -0.2) is 23.6 Å². The Morgan fingerprint density at radius 1 is 1.35 bits per heavy atom. The number of aromatic nitrogens is 2. The van der Waals surface area contributed by atoms with Crippen LogP contribution in [0.4, 0.5) is 5.82 Å². The van der Waals surface area contributed by atoms with Crippen LogP contribution >= 0.6 is 22.6 Å². The van der Waals surface area contributed by atoms with Crippen molar-refractivity contribution in [1.82, 2.24) is 9.97 Å². The molecule has 0 saturated carbocycles.